The maximum atomic E-state index is 10.1. The molecule has 0 aromatic heterocycles. The minimum absolute atomic E-state index is 0. The number of hydrogen-bond acceptors (Lipinski definition) is 6. The molecule has 0 N–H and O–H groups in total. The second-order valence-corrected chi connectivity index (χ2v) is 20.0. The Morgan fingerprint density at radius 2 is 0.789 bits per heavy atom. The van der Waals surface area contributed by atoms with E-state index in [-0.39, 0.29) is 60.2 Å². The van der Waals surface area contributed by atoms with E-state index in [1.54, 1.807) is 47.4 Å². The van der Waals surface area contributed by atoms with Crippen LogP contribution in [0, 0.1) is 0 Å². The SMILES string of the molecule is C.CC(C)(C)[O-].CC=O.CCCCC.CCCCCC.CCCCCC.S=S=S=S.S=S=S=S=S=S=S.[HH].[K+]. The summed E-state index contributed by atoms with van der Waals surface area (Å²) in [6.07, 6.45) is 15.9. The number of aldehydes is 1. The summed E-state index contributed by atoms with van der Waals surface area (Å²) >= 11 is 17.8. The van der Waals surface area contributed by atoms with Crippen LogP contribution in [0.2, 0.25) is 0 Å². The van der Waals surface area contributed by atoms with Gasteiger partial charge in [0.1, 0.15) is 6.29 Å². The van der Waals surface area contributed by atoms with Crippen molar-refractivity contribution in [2.24, 2.45) is 0 Å². The smallest absolute Gasteiger partial charge is 0.850 e. The Bertz CT molecular complexity index is 597. The minimum Gasteiger partial charge on any atom is -0.850 e. The maximum Gasteiger partial charge on any atom is 1.00 e. The summed E-state index contributed by atoms with van der Waals surface area (Å²) in [4.78, 5) is 8.81. The van der Waals surface area contributed by atoms with Crippen molar-refractivity contribution in [1.82, 2.24) is 0 Å². The zero-order chi connectivity index (χ0) is 29.9. The van der Waals surface area contributed by atoms with Crippen LogP contribution in [0.4, 0.5) is 0 Å². The van der Waals surface area contributed by atoms with Gasteiger partial charge >= 0.3 is 51.4 Å². The van der Waals surface area contributed by atoms with Gasteiger partial charge in [0.2, 0.25) is 0 Å². The van der Waals surface area contributed by atoms with Gasteiger partial charge in [0.25, 0.3) is 0 Å². The van der Waals surface area contributed by atoms with E-state index >= 15 is 0 Å². The molecule has 0 saturated heterocycles. The third-order valence-electron chi connectivity index (χ3n) is 2.76. The van der Waals surface area contributed by atoms with Crippen LogP contribution in [0.15, 0.2) is 0 Å². The minimum atomic E-state index is -0.750. The van der Waals surface area contributed by atoms with Crippen molar-refractivity contribution in [2.45, 2.75) is 153 Å². The first kappa shape index (κ1) is 64.6. The Labute approximate surface area is 323 Å². The Kier molecular flexibility index (Phi) is 132. The Balaban J connectivity index is -0.0000000314. The standard InChI is InChI=1S/2C6H14.C5H12.C4H9O.C2H4O.CH4.K.S7.S4.H2/c2*1-3-5-6-4-2;1-3-5-4-2;1-4(2,3)5;1-2-3;;;1-3-5-7-6-4-2;1-3-4-2;/h2*3-6H2,1-2H3;3-5H2,1-2H3;1-3H3;2H,1H3;1H4;;;;1H/q;;;-1;;;+1;;;. The second-order valence-electron chi connectivity index (χ2n) is 7.59. The van der Waals surface area contributed by atoms with Crippen molar-refractivity contribution < 1.29 is 62.7 Å². The molecule has 0 aliphatic heterocycles. The van der Waals surface area contributed by atoms with E-state index in [1.807, 2.05) is 0 Å². The fraction of sp³-hybridized carbons (Fsp3) is 0.958. The quantitative estimate of drug-likeness (QED) is 0.183. The summed E-state index contributed by atoms with van der Waals surface area (Å²) in [5.41, 5.74) is -0.750. The molecule has 2 nitrogen and oxygen atoms in total. The van der Waals surface area contributed by atoms with Crippen LogP contribution in [0.5, 0.6) is 0 Å². The van der Waals surface area contributed by atoms with Crippen LogP contribution in [-0.4, -0.2) is 11.9 Å². The molecule has 0 unspecified atom stereocenters. The Morgan fingerprint density at radius 1 is 0.605 bits per heavy atom. The van der Waals surface area contributed by atoms with Gasteiger partial charge in [-0.1, -0.05) is 140 Å². The number of carbonyl (C=O) groups is 1. The fourth-order valence-corrected chi connectivity index (χ4v) is 9.62. The van der Waals surface area contributed by atoms with Crippen molar-refractivity contribution in [3.8, 4) is 0 Å². The van der Waals surface area contributed by atoms with E-state index in [0.717, 1.165) is 6.29 Å². The zero-order valence-electron chi connectivity index (χ0n) is 25.2. The van der Waals surface area contributed by atoms with Gasteiger partial charge in [-0.3, -0.25) is 0 Å². The van der Waals surface area contributed by atoms with Gasteiger partial charge < -0.3 is 9.90 Å². The van der Waals surface area contributed by atoms with Crippen molar-refractivity contribution in [1.29, 1.82) is 0 Å². The summed E-state index contributed by atoms with van der Waals surface area (Å²) in [6, 6.07) is 0. The zero-order valence-corrected chi connectivity index (χ0v) is 37.3. The predicted octanol–water partition coefficient (Wildman–Crippen LogP) is 5.58. The molecule has 14 heteroatoms. The third-order valence-corrected chi connectivity index (χ3v) is 13.9. The van der Waals surface area contributed by atoms with Gasteiger partial charge in [-0.25, -0.2) is 0 Å². The van der Waals surface area contributed by atoms with Crippen LogP contribution in [0.3, 0.4) is 0 Å². The van der Waals surface area contributed by atoms with Gasteiger partial charge in [-0.15, -0.1) is 5.60 Å². The Morgan fingerprint density at radius 3 is 0.868 bits per heavy atom. The van der Waals surface area contributed by atoms with Crippen LogP contribution >= 0.6 is 0 Å². The summed E-state index contributed by atoms with van der Waals surface area (Å²) in [7, 11) is 9.71. The molecule has 0 atom stereocenters. The Hall–Kier alpha value is 3.69. The fourth-order valence-electron chi connectivity index (χ4n) is 1.39. The molecule has 0 spiro atoms. The summed E-state index contributed by atoms with van der Waals surface area (Å²) < 4.78 is 0. The van der Waals surface area contributed by atoms with Gasteiger partial charge in [0, 0.05) is 108 Å². The van der Waals surface area contributed by atoms with Crippen molar-refractivity contribution >= 4 is 113 Å². The van der Waals surface area contributed by atoms with E-state index in [1.165, 1.54) is 113 Å². The topological polar surface area (TPSA) is 40.1 Å². The molecular weight excluding hydrogens is 712 g/mol. The van der Waals surface area contributed by atoms with Gasteiger partial charge in [-0.05, 0) is 6.92 Å². The van der Waals surface area contributed by atoms with Crippen molar-refractivity contribution in [3.05, 3.63) is 0 Å². The third kappa shape index (κ3) is 213. The molecule has 38 heavy (non-hydrogen) atoms. The largest absolute Gasteiger partial charge is 1.00 e. The molecule has 0 rings (SSSR count). The first-order valence-electron chi connectivity index (χ1n) is 12.3. The molecule has 0 bridgehead atoms. The second kappa shape index (κ2) is 77.9. The molecule has 0 saturated carbocycles. The van der Waals surface area contributed by atoms with Crippen LogP contribution in [0.1, 0.15) is 149 Å². The number of rotatable bonds is 8. The van der Waals surface area contributed by atoms with Crippen LogP contribution < -0.4 is 56.5 Å². The van der Waals surface area contributed by atoms with Gasteiger partial charge in [-0.2, -0.15) is 0 Å². The van der Waals surface area contributed by atoms with E-state index in [9.17, 15) is 5.11 Å². The van der Waals surface area contributed by atoms with Crippen LogP contribution in [-0.2, 0) is 112 Å². The molecule has 0 amide bonds. The average molecular weight is 772 g/mol. The normalized spacial score (nSPS) is 7.55. The monoisotopic (exact) mass is 770 g/mol. The number of hydrogen-bond donors (Lipinski definition) is 0. The van der Waals surface area contributed by atoms with Crippen LogP contribution in [0.25, 0.3) is 0 Å². The molecule has 0 aromatic rings. The van der Waals surface area contributed by atoms with Crippen molar-refractivity contribution in [2.75, 3.05) is 0 Å². The van der Waals surface area contributed by atoms with Gasteiger partial charge in [0.05, 0.1) is 0 Å². The molecule has 234 valence electrons. The molecular formula is C24H59KO2S11. The molecule has 0 heterocycles. The average Bonchev–Trinajstić information content (AvgIpc) is 2.83. The van der Waals surface area contributed by atoms with Gasteiger partial charge in [0.15, 0.2) is 0 Å². The van der Waals surface area contributed by atoms with Crippen molar-refractivity contribution in [3.63, 3.8) is 0 Å². The molecule has 0 fully saturated rings. The maximum absolute atomic E-state index is 10.1. The predicted molar refractivity (Wildman–Crippen MR) is 206 cm³/mol. The number of carbonyl (C=O) groups excluding carboxylic acids is 1. The van der Waals surface area contributed by atoms with E-state index in [2.05, 4.69) is 86.3 Å². The summed E-state index contributed by atoms with van der Waals surface area (Å²) in [5.74, 6) is 0. The van der Waals surface area contributed by atoms with E-state index in [0.29, 0.717) is 0 Å². The summed E-state index contributed by atoms with van der Waals surface area (Å²) in [6.45, 7) is 19.7. The molecule has 0 aliphatic carbocycles. The van der Waals surface area contributed by atoms with E-state index in [4.69, 9.17) is 4.79 Å². The first-order chi connectivity index (χ1) is 17.0. The molecule has 0 aromatic carbocycles. The first-order valence-corrected chi connectivity index (χ1v) is 24.3. The van der Waals surface area contributed by atoms with E-state index < -0.39 is 5.60 Å². The molecule has 0 radical (unpaired) electrons. The number of unbranched alkanes of at least 4 members (excludes halogenated alkanes) is 8. The summed E-state index contributed by atoms with van der Waals surface area (Å²) in [5, 5.41) is 10.1. The molecule has 0 aliphatic rings.